The summed E-state index contributed by atoms with van der Waals surface area (Å²) in [5, 5.41) is 12.8. The number of aromatic nitrogens is 6. The van der Waals surface area contributed by atoms with Crippen molar-refractivity contribution in [2.75, 3.05) is 0 Å². The lowest BCUT2D eigenvalue weighted by molar-refractivity contribution is -0.134. The van der Waals surface area contributed by atoms with Crippen LogP contribution in [0.25, 0.3) is 17.3 Å². The van der Waals surface area contributed by atoms with Gasteiger partial charge in [0.05, 0.1) is 18.4 Å². The zero-order valence-corrected chi connectivity index (χ0v) is 17.4. The van der Waals surface area contributed by atoms with Gasteiger partial charge in [0.15, 0.2) is 0 Å². The first-order valence-electron chi connectivity index (χ1n) is 10.3. The van der Waals surface area contributed by atoms with E-state index in [0.29, 0.717) is 18.2 Å². The number of hydrogen-bond acceptors (Lipinski definition) is 5. The molecule has 7 heteroatoms. The standard InChI is InChI=1S/C22H26N6O/c1-14-17(29)11-13-22(3)18-16(10-12-21(14,22)2)28(20-24-26-27(4)25-20)19(23-18)15-8-6-5-7-9-15/h5-9,14H,10-13H2,1-4H3/t14-,21+,22-/m0/s1. The van der Waals surface area contributed by atoms with Gasteiger partial charge in [-0.2, -0.15) is 4.80 Å². The topological polar surface area (TPSA) is 78.5 Å². The highest BCUT2D eigenvalue weighted by atomic mass is 16.1. The molecule has 7 nitrogen and oxygen atoms in total. The minimum Gasteiger partial charge on any atom is -0.299 e. The monoisotopic (exact) mass is 390 g/mol. The number of aryl methyl sites for hydroxylation is 1. The summed E-state index contributed by atoms with van der Waals surface area (Å²) in [6.45, 7) is 6.67. The number of Topliss-reactive ketones (excluding diaryl/α,β-unsaturated/α-hetero) is 1. The van der Waals surface area contributed by atoms with Crippen LogP contribution in [0.3, 0.4) is 0 Å². The van der Waals surface area contributed by atoms with Gasteiger partial charge in [-0.15, -0.1) is 5.10 Å². The number of tetrazole rings is 1. The Bertz CT molecular complexity index is 1100. The van der Waals surface area contributed by atoms with Crippen LogP contribution in [0.2, 0.25) is 0 Å². The van der Waals surface area contributed by atoms with E-state index in [1.165, 1.54) is 4.80 Å². The summed E-state index contributed by atoms with van der Waals surface area (Å²) in [7, 11) is 1.77. The van der Waals surface area contributed by atoms with Crippen molar-refractivity contribution in [3.8, 4) is 17.3 Å². The molecule has 1 saturated carbocycles. The maximum atomic E-state index is 12.6. The zero-order valence-electron chi connectivity index (χ0n) is 17.4. The number of imidazole rings is 1. The van der Waals surface area contributed by atoms with Crippen LogP contribution in [-0.4, -0.2) is 35.5 Å². The van der Waals surface area contributed by atoms with Crippen LogP contribution in [0.4, 0.5) is 0 Å². The van der Waals surface area contributed by atoms with Crippen LogP contribution < -0.4 is 0 Å². The number of nitrogens with zero attached hydrogens (tertiary/aromatic N) is 6. The first kappa shape index (κ1) is 18.2. The third-order valence-corrected chi connectivity index (χ3v) is 7.68. The zero-order chi connectivity index (χ0) is 20.4. The van der Waals surface area contributed by atoms with E-state index < -0.39 is 0 Å². The predicted octanol–water partition coefficient (Wildman–Crippen LogP) is 3.27. The van der Waals surface area contributed by atoms with Gasteiger partial charge in [-0.05, 0) is 29.9 Å². The molecule has 150 valence electrons. The molecular formula is C22H26N6O. The Morgan fingerprint density at radius 1 is 1.10 bits per heavy atom. The van der Waals surface area contributed by atoms with Crippen molar-refractivity contribution in [2.24, 2.45) is 18.4 Å². The van der Waals surface area contributed by atoms with Crippen LogP contribution in [0.1, 0.15) is 51.4 Å². The smallest absolute Gasteiger partial charge is 0.276 e. The van der Waals surface area contributed by atoms with Crippen LogP contribution >= 0.6 is 0 Å². The highest BCUT2D eigenvalue weighted by molar-refractivity contribution is 5.83. The van der Waals surface area contributed by atoms with Gasteiger partial charge in [-0.25, -0.2) is 4.98 Å². The van der Waals surface area contributed by atoms with Gasteiger partial charge in [-0.1, -0.05) is 56.2 Å². The van der Waals surface area contributed by atoms with Gasteiger partial charge >= 0.3 is 0 Å². The van der Waals surface area contributed by atoms with E-state index in [9.17, 15) is 4.79 Å². The van der Waals surface area contributed by atoms with Gasteiger partial charge < -0.3 is 0 Å². The Morgan fingerprint density at radius 2 is 1.86 bits per heavy atom. The molecule has 29 heavy (non-hydrogen) atoms. The van der Waals surface area contributed by atoms with Gasteiger partial charge in [0, 0.05) is 23.3 Å². The van der Waals surface area contributed by atoms with Crippen molar-refractivity contribution in [1.82, 2.24) is 29.8 Å². The number of hydrogen-bond donors (Lipinski definition) is 0. The van der Waals surface area contributed by atoms with E-state index in [1.807, 2.05) is 18.2 Å². The first-order valence-corrected chi connectivity index (χ1v) is 10.3. The van der Waals surface area contributed by atoms with Crippen LogP contribution in [-0.2, 0) is 23.7 Å². The van der Waals surface area contributed by atoms with Gasteiger partial charge in [0.2, 0.25) is 0 Å². The van der Waals surface area contributed by atoms with Gasteiger partial charge in [-0.3, -0.25) is 9.36 Å². The fraction of sp³-hybridized carbons (Fsp3) is 0.500. The second-order valence-corrected chi connectivity index (χ2v) is 8.95. The van der Waals surface area contributed by atoms with Crippen molar-refractivity contribution in [3.05, 3.63) is 41.7 Å². The molecule has 0 amide bonds. The van der Waals surface area contributed by atoms with Gasteiger partial charge in [0.1, 0.15) is 11.6 Å². The van der Waals surface area contributed by atoms with Crippen LogP contribution in [0, 0.1) is 11.3 Å². The maximum Gasteiger partial charge on any atom is 0.276 e. The van der Waals surface area contributed by atoms with Crippen molar-refractivity contribution in [2.45, 2.75) is 51.9 Å². The number of rotatable bonds is 2. The molecule has 1 fully saturated rings. The van der Waals surface area contributed by atoms with E-state index in [-0.39, 0.29) is 16.7 Å². The molecule has 0 spiro atoms. The fourth-order valence-corrected chi connectivity index (χ4v) is 5.45. The summed E-state index contributed by atoms with van der Waals surface area (Å²) in [6.07, 6.45) is 3.24. The van der Waals surface area contributed by atoms with Crippen molar-refractivity contribution < 1.29 is 4.79 Å². The van der Waals surface area contributed by atoms with E-state index in [0.717, 1.165) is 42.0 Å². The molecule has 0 saturated heterocycles. The molecule has 5 rings (SSSR count). The SMILES string of the molecule is C[C@H]1C(=O)CC[C@@]2(C)c3nc(-c4ccccc4)n(-c4nnn(C)n4)c3CC[C@]12C. The molecule has 2 aromatic heterocycles. The second kappa shape index (κ2) is 6.08. The molecule has 1 aromatic carbocycles. The molecular weight excluding hydrogens is 364 g/mol. The normalized spacial score (nSPS) is 28.8. The molecule has 3 atom stereocenters. The molecule has 3 aromatic rings. The average molecular weight is 390 g/mol. The third-order valence-electron chi connectivity index (χ3n) is 7.68. The number of carbonyl (C=O) groups excluding carboxylic acids is 1. The Hall–Kier alpha value is -2.83. The summed E-state index contributed by atoms with van der Waals surface area (Å²) in [6, 6.07) is 10.2. The predicted molar refractivity (Wildman–Crippen MR) is 109 cm³/mol. The van der Waals surface area contributed by atoms with E-state index in [1.54, 1.807) is 7.05 Å². The number of carbonyl (C=O) groups is 1. The molecule has 0 aliphatic heterocycles. The van der Waals surface area contributed by atoms with Crippen molar-refractivity contribution in [3.63, 3.8) is 0 Å². The minimum absolute atomic E-state index is 0.0365. The summed E-state index contributed by atoms with van der Waals surface area (Å²) in [4.78, 5) is 19.3. The lowest BCUT2D eigenvalue weighted by Crippen LogP contribution is -2.54. The number of fused-ring (bicyclic) bond motifs is 3. The lowest BCUT2D eigenvalue weighted by atomic mass is 9.48. The van der Waals surface area contributed by atoms with Gasteiger partial charge in [0.25, 0.3) is 5.95 Å². The lowest BCUT2D eigenvalue weighted by Gasteiger charge is -2.55. The van der Waals surface area contributed by atoms with E-state index in [2.05, 4.69) is 52.9 Å². The van der Waals surface area contributed by atoms with Crippen LogP contribution in [0.15, 0.2) is 30.3 Å². The molecule has 0 bridgehead atoms. The highest BCUT2D eigenvalue weighted by Gasteiger charge is 2.58. The number of ketones is 1. The molecule has 0 unspecified atom stereocenters. The third kappa shape index (κ3) is 2.39. The van der Waals surface area contributed by atoms with E-state index in [4.69, 9.17) is 4.98 Å². The second-order valence-electron chi connectivity index (χ2n) is 8.95. The quantitative estimate of drug-likeness (QED) is 0.671. The summed E-state index contributed by atoms with van der Waals surface area (Å²) in [5.74, 6) is 1.81. The molecule has 2 aliphatic rings. The molecule has 2 aliphatic carbocycles. The van der Waals surface area contributed by atoms with Crippen LogP contribution in [0.5, 0.6) is 0 Å². The van der Waals surface area contributed by atoms with Crippen molar-refractivity contribution in [1.29, 1.82) is 0 Å². The Kier molecular flexibility index (Phi) is 3.82. The first-order chi connectivity index (χ1) is 13.8. The fourth-order valence-electron chi connectivity index (χ4n) is 5.45. The average Bonchev–Trinajstić information content (AvgIpc) is 3.32. The minimum atomic E-state index is -0.162. The Labute approximate surface area is 170 Å². The van der Waals surface area contributed by atoms with E-state index >= 15 is 0 Å². The summed E-state index contributed by atoms with van der Waals surface area (Å²) >= 11 is 0. The molecule has 0 N–H and O–H groups in total. The largest absolute Gasteiger partial charge is 0.299 e. The van der Waals surface area contributed by atoms with Crippen molar-refractivity contribution >= 4 is 5.78 Å². The number of benzene rings is 1. The molecule has 0 radical (unpaired) electrons. The summed E-state index contributed by atoms with van der Waals surface area (Å²) < 4.78 is 2.07. The Morgan fingerprint density at radius 3 is 2.55 bits per heavy atom. The summed E-state index contributed by atoms with van der Waals surface area (Å²) in [5.41, 5.74) is 3.01. The highest BCUT2D eigenvalue weighted by Crippen LogP contribution is 2.59. The Balaban J connectivity index is 1.77. The molecule has 2 heterocycles. The maximum absolute atomic E-state index is 12.6.